The monoisotopic (exact) mass is 415 g/mol. The van der Waals surface area contributed by atoms with Crippen molar-refractivity contribution >= 4 is 63.1 Å². The van der Waals surface area contributed by atoms with E-state index in [9.17, 15) is 4.79 Å². The van der Waals surface area contributed by atoms with E-state index in [2.05, 4.69) is 40.4 Å². The number of benzene rings is 3. The van der Waals surface area contributed by atoms with E-state index in [1.165, 1.54) is 16.3 Å². The van der Waals surface area contributed by atoms with Crippen LogP contribution in [0.4, 0.5) is 5.69 Å². The molecular formula is C20H18ClN3OS2. The molecule has 3 N–H and O–H groups in total. The van der Waals surface area contributed by atoms with Gasteiger partial charge < -0.3 is 5.32 Å². The lowest BCUT2D eigenvalue weighted by atomic mass is 10.1. The van der Waals surface area contributed by atoms with Crippen molar-refractivity contribution in [2.24, 2.45) is 0 Å². The number of nitrogens with one attached hydrogen (secondary N) is 3. The van der Waals surface area contributed by atoms with Crippen LogP contribution in [0.25, 0.3) is 10.8 Å². The third-order valence-corrected chi connectivity index (χ3v) is 5.32. The van der Waals surface area contributed by atoms with Crippen LogP contribution in [0.15, 0.2) is 66.7 Å². The summed E-state index contributed by atoms with van der Waals surface area (Å²) in [6.07, 6.45) is 0. The van der Waals surface area contributed by atoms with Crippen molar-refractivity contribution in [2.75, 3.05) is 11.1 Å². The molecule has 0 aliphatic carbocycles. The fraction of sp³-hybridized carbons (Fsp3) is 0.100. The molecule has 0 saturated heterocycles. The van der Waals surface area contributed by atoms with Gasteiger partial charge in [0.15, 0.2) is 5.11 Å². The van der Waals surface area contributed by atoms with Crippen LogP contribution in [0.5, 0.6) is 0 Å². The Bertz CT molecular complexity index is 959. The lowest BCUT2D eigenvalue weighted by molar-refractivity contribution is -0.119. The van der Waals surface area contributed by atoms with Crippen molar-refractivity contribution in [3.63, 3.8) is 0 Å². The van der Waals surface area contributed by atoms with Crippen molar-refractivity contribution in [3.05, 3.63) is 77.3 Å². The fourth-order valence-electron chi connectivity index (χ4n) is 2.55. The summed E-state index contributed by atoms with van der Waals surface area (Å²) in [7, 11) is 0. The van der Waals surface area contributed by atoms with E-state index < -0.39 is 0 Å². The highest BCUT2D eigenvalue weighted by Crippen LogP contribution is 2.22. The molecule has 0 atom stereocenters. The summed E-state index contributed by atoms with van der Waals surface area (Å²) in [6.45, 7) is 0. The number of thiocarbonyl (C=S) groups is 1. The highest BCUT2D eigenvalue weighted by molar-refractivity contribution is 7.99. The fourth-order valence-corrected chi connectivity index (χ4v) is 3.73. The predicted molar refractivity (Wildman–Crippen MR) is 119 cm³/mol. The molecule has 0 radical (unpaired) electrons. The number of hydrogen-bond acceptors (Lipinski definition) is 3. The second kappa shape index (κ2) is 9.60. The number of carbonyl (C=O) groups excluding carboxylic acids is 1. The quantitative estimate of drug-likeness (QED) is 0.415. The van der Waals surface area contributed by atoms with E-state index in [0.29, 0.717) is 16.5 Å². The molecule has 27 heavy (non-hydrogen) atoms. The molecule has 3 aromatic rings. The van der Waals surface area contributed by atoms with Crippen molar-refractivity contribution in [3.8, 4) is 0 Å². The van der Waals surface area contributed by atoms with Crippen LogP contribution in [0.1, 0.15) is 5.56 Å². The molecule has 3 aromatic carbocycles. The Balaban J connectivity index is 1.43. The maximum absolute atomic E-state index is 12.0. The van der Waals surface area contributed by atoms with E-state index in [-0.39, 0.29) is 11.0 Å². The second-order valence-corrected chi connectivity index (χ2v) is 7.54. The van der Waals surface area contributed by atoms with Gasteiger partial charge in [0.05, 0.1) is 16.5 Å². The summed E-state index contributed by atoms with van der Waals surface area (Å²) in [5.74, 6) is 0.936. The number of hydrogen-bond donors (Lipinski definition) is 3. The smallest absolute Gasteiger partial charge is 0.248 e. The Labute approximate surface area is 172 Å². The van der Waals surface area contributed by atoms with Gasteiger partial charge in [-0.2, -0.15) is 0 Å². The molecule has 0 aliphatic heterocycles. The Morgan fingerprint density at radius 2 is 1.70 bits per heavy atom. The summed E-state index contributed by atoms with van der Waals surface area (Å²) in [5, 5.41) is 6.19. The van der Waals surface area contributed by atoms with Gasteiger partial charge in [0.25, 0.3) is 0 Å². The minimum absolute atomic E-state index is 0.149. The Morgan fingerprint density at radius 1 is 0.963 bits per heavy atom. The van der Waals surface area contributed by atoms with Crippen LogP contribution in [0.3, 0.4) is 0 Å². The third-order valence-electron chi connectivity index (χ3n) is 3.81. The maximum Gasteiger partial charge on any atom is 0.248 e. The van der Waals surface area contributed by atoms with Gasteiger partial charge in [0.2, 0.25) is 5.91 Å². The molecule has 1 amide bonds. The molecule has 0 unspecified atom stereocenters. The molecule has 0 spiro atoms. The Morgan fingerprint density at radius 3 is 2.56 bits per heavy atom. The van der Waals surface area contributed by atoms with Crippen LogP contribution in [0, 0.1) is 0 Å². The van der Waals surface area contributed by atoms with Crippen molar-refractivity contribution in [2.45, 2.75) is 5.75 Å². The number of amides is 1. The molecule has 3 rings (SSSR count). The van der Waals surface area contributed by atoms with E-state index in [0.717, 1.165) is 5.75 Å². The van der Waals surface area contributed by atoms with Crippen LogP contribution < -0.4 is 16.2 Å². The summed E-state index contributed by atoms with van der Waals surface area (Å²) < 4.78 is 0. The number of para-hydroxylation sites is 1. The van der Waals surface area contributed by atoms with Crippen molar-refractivity contribution < 1.29 is 4.79 Å². The highest BCUT2D eigenvalue weighted by atomic mass is 35.5. The molecule has 138 valence electrons. The van der Waals surface area contributed by atoms with Crippen LogP contribution in [-0.2, 0) is 10.5 Å². The Kier molecular flexibility index (Phi) is 6.92. The average Bonchev–Trinajstić information content (AvgIpc) is 2.68. The van der Waals surface area contributed by atoms with Gasteiger partial charge >= 0.3 is 0 Å². The van der Waals surface area contributed by atoms with Gasteiger partial charge in [0, 0.05) is 5.75 Å². The minimum atomic E-state index is -0.149. The average molecular weight is 416 g/mol. The summed E-state index contributed by atoms with van der Waals surface area (Å²) in [4.78, 5) is 12.0. The Hall–Kier alpha value is -2.28. The topological polar surface area (TPSA) is 53.2 Å². The van der Waals surface area contributed by atoms with Crippen LogP contribution >= 0.6 is 35.6 Å². The number of carbonyl (C=O) groups is 1. The first-order valence-corrected chi connectivity index (χ1v) is 10.2. The zero-order valence-corrected chi connectivity index (χ0v) is 16.8. The van der Waals surface area contributed by atoms with E-state index in [1.807, 2.05) is 30.3 Å². The molecule has 0 fully saturated rings. The van der Waals surface area contributed by atoms with Crippen LogP contribution in [-0.4, -0.2) is 16.8 Å². The standard InChI is InChI=1S/C20H18ClN3OS2/c21-17-10-3-4-11-18(17)22-20(26)24-23-19(25)13-27-12-15-8-5-7-14-6-1-2-9-16(14)15/h1-11H,12-13H2,(H,23,25)(H2,22,24,26). The van der Waals surface area contributed by atoms with Crippen LogP contribution in [0.2, 0.25) is 5.02 Å². The van der Waals surface area contributed by atoms with Gasteiger partial charge in [-0.05, 0) is 40.7 Å². The maximum atomic E-state index is 12.0. The van der Waals surface area contributed by atoms with Gasteiger partial charge in [-0.1, -0.05) is 66.2 Å². The summed E-state index contributed by atoms with van der Waals surface area (Å²) in [5.41, 5.74) is 7.17. The van der Waals surface area contributed by atoms with E-state index in [4.69, 9.17) is 23.8 Å². The zero-order chi connectivity index (χ0) is 19.1. The first-order valence-electron chi connectivity index (χ1n) is 8.28. The number of halogens is 1. The summed E-state index contributed by atoms with van der Waals surface area (Å²) in [6, 6.07) is 21.7. The van der Waals surface area contributed by atoms with Crippen molar-refractivity contribution in [1.82, 2.24) is 10.9 Å². The van der Waals surface area contributed by atoms with Gasteiger partial charge in [-0.15, -0.1) is 11.8 Å². The third kappa shape index (κ3) is 5.60. The van der Waals surface area contributed by atoms with Gasteiger partial charge in [-0.3, -0.25) is 15.6 Å². The first-order chi connectivity index (χ1) is 13.1. The number of anilines is 1. The molecule has 0 heterocycles. The lowest BCUT2D eigenvalue weighted by Crippen LogP contribution is -2.44. The number of fused-ring (bicyclic) bond motifs is 1. The largest absolute Gasteiger partial charge is 0.330 e. The molecular weight excluding hydrogens is 398 g/mol. The molecule has 4 nitrogen and oxygen atoms in total. The second-order valence-electron chi connectivity index (χ2n) is 5.74. The highest BCUT2D eigenvalue weighted by Gasteiger charge is 2.06. The zero-order valence-electron chi connectivity index (χ0n) is 14.4. The molecule has 0 aromatic heterocycles. The molecule has 0 aliphatic rings. The van der Waals surface area contributed by atoms with E-state index in [1.54, 1.807) is 23.9 Å². The van der Waals surface area contributed by atoms with E-state index >= 15 is 0 Å². The number of thioether (sulfide) groups is 1. The minimum Gasteiger partial charge on any atom is -0.330 e. The molecule has 0 saturated carbocycles. The van der Waals surface area contributed by atoms with Gasteiger partial charge in [0.1, 0.15) is 0 Å². The predicted octanol–water partition coefficient (Wildman–Crippen LogP) is 4.74. The SMILES string of the molecule is O=C(CSCc1cccc2ccccc12)NNC(=S)Nc1ccccc1Cl. The number of hydrazine groups is 1. The normalized spacial score (nSPS) is 10.4. The molecule has 7 heteroatoms. The first kappa shape index (κ1) is 19.5. The number of rotatable bonds is 5. The van der Waals surface area contributed by atoms with Gasteiger partial charge in [-0.25, -0.2) is 0 Å². The summed E-state index contributed by atoms with van der Waals surface area (Å²) >= 11 is 12.8. The molecule has 0 bridgehead atoms. The van der Waals surface area contributed by atoms with Crippen molar-refractivity contribution in [1.29, 1.82) is 0 Å². The lowest BCUT2D eigenvalue weighted by Gasteiger charge is -2.12.